The number of ether oxygens (including phenoxy) is 1. The molecule has 25 heavy (non-hydrogen) atoms. The number of carbonyl (C=O) groups excluding carboxylic acids is 1. The fourth-order valence-electron chi connectivity index (χ4n) is 2.83. The van der Waals surface area contributed by atoms with Crippen molar-refractivity contribution in [3.63, 3.8) is 0 Å². The van der Waals surface area contributed by atoms with Gasteiger partial charge in [0.1, 0.15) is 10.8 Å². The first-order chi connectivity index (χ1) is 12.0. The summed E-state index contributed by atoms with van der Waals surface area (Å²) in [7, 11) is -3.43. The highest BCUT2D eigenvalue weighted by molar-refractivity contribution is 7.91. The van der Waals surface area contributed by atoms with E-state index < -0.39 is 10.0 Å². The predicted octanol–water partition coefficient (Wildman–Crippen LogP) is 3.20. The fourth-order valence-corrected chi connectivity index (χ4v) is 5.44. The molecule has 0 atom stereocenters. The van der Waals surface area contributed by atoms with Crippen LogP contribution in [0.1, 0.15) is 24.0 Å². The quantitative estimate of drug-likeness (QED) is 0.749. The van der Waals surface area contributed by atoms with Gasteiger partial charge in [0, 0.05) is 13.1 Å². The number of benzene rings is 1. The zero-order chi connectivity index (χ0) is 17.9. The highest BCUT2D eigenvalue weighted by atomic mass is 32.2. The lowest BCUT2D eigenvalue weighted by Gasteiger charge is -2.29. The number of hydrogen-bond acceptors (Lipinski definition) is 5. The zero-order valence-electron chi connectivity index (χ0n) is 14.1. The number of aryl methyl sites for hydroxylation is 1. The van der Waals surface area contributed by atoms with Crippen LogP contribution in [-0.2, 0) is 26.2 Å². The molecule has 1 aromatic heterocycles. The maximum atomic E-state index is 12.5. The van der Waals surface area contributed by atoms with E-state index in [4.69, 9.17) is 4.74 Å². The number of esters is 1. The van der Waals surface area contributed by atoms with Gasteiger partial charge in [-0.2, -0.15) is 4.31 Å². The van der Waals surface area contributed by atoms with Crippen LogP contribution in [0.3, 0.4) is 0 Å². The Morgan fingerprint density at radius 2 is 1.88 bits per heavy atom. The summed E-state index contributed by atoms with van der Waals surface area (Å²) in [6.45, 7) is 2.97. The second kappa shape index (κ2) is 7.68. The summed E-state index contributed by atoms with van der Waals surface area (Å²) in [6, 6.07) is 11.2. The smallest absolute Gasteiger partial charge is 0.309 e. The van der Waals surface area contributed by atoms with Crippen molar-refractivity contribution in [2.75, 3.05) is 13.1 Å². The molecule has 1 aliphatic rings. The molecule has 1 saturated heterocycles. The predicted molar refractivity (Wildman–Crippen MR) is 96.8 cm³/mol. The Kier molecular flexibility index (Phi) is 5.56. The van der Waals surface area contributed by atoms with Crippen LogP contribution in [0, 0.1) is 12.8 Å². The van der Waals surface area contributed by atoms with Gasteiger partial charge < -0.3 is 4.74 Å². The molecule has 0 radical (unpaired) electrons. The Morgan fingerprint density at radius 1 is 1.20 bits per heavy atom. The minimum Gasteiger partial charge on any atom is -0.461 e. The lowest BCUT2D eigenvalue weighted by Crippen LogP contribution is -2.40. The number of nitrogens with zero attached hydrogens (tertiary/aromatic N) is 1. The van der Waals surface area contributed by atoms with Crippen LogP contribution in [0.4, 0.5) is 0 Å². The minimum atomic E-state index is -3.43. The Bertz CT molecular complexity index is 805. The van der Waals surface area contributed by atoms with Gasteiger partial charge >= 0.3 is 5.97 Å². The fraction of sp³-hybridized carbons (Fsp3) is 0.389. The van der Waals surface area contributed by atoms with E-state index in [0.29, 0.717) is 30.1 Å². The lowest BCUT2D eigenvalue weighted by atomic mass is 9.98. The number of carbonyl (C=O) groups is 1. The van der Waals surface area contributed by atoms with Gasteiger partial charge in [0.15, 0.2) is 0 Å². The average Bonchev–Trinajstić information content (AvgIpc) is 3.16. The van der Waals surface area contributed by atoms with E-state index in [1.807, 2.05) is 31.2 Å². The first kappa shape index (κ1) is 18.1. The zero-order valence-corrected chi connectivity index (χ0v) is 15.7. The third kappa shape index (κ3) is 4.29. The van der Waals surface area contributed by atoms with E-state index >= 15 is 0 Å². The molecular weight excluding hydrogens is 358 g/mol. The molecule has 0 amide bonds. The van der Waals surface area contributed by atoms with Crippen LogP contribution < -0.4 is 0 Å². The van der Waals surface area contributed by atoms with Crippen LogP contribution in [0.2, 0.25) is 0 Å². The first-order valence-corrected chi connectivity index (χ1v) is 10.5. The number of rotatable bonds is 5. The van der Waals surface area contributed by atoms with Crippen LogP contribution in [0.15, 0.2) is 46.0 Å². The summed E-state index contributed by atoms with van der Waals surface area (Å²) in [5.41, 5.74) is 2.12. The first-order valence-electron chi connectivity index (χ1n) is 8.22. The molecule has 0 spiro atoms. The van der Waals surface area contributed by atoms with Gasteiger partial charge in [-0.15, -0.1) is 11.3 Å². The summed E-state index contributed by atoms with van der Waals surface area (Å²) < 4.78 is 32.2. The van der Waals surface area contributed by atoms with E-state index in [9.17, 15) is 13.2 Å². The molecule has 134 valence electrons. The van der Waals surface area contributed by atoms with Crippen molar-refractivity contribution in [1.82, 2.24) is 4.31 Å². The van der Waals surface area contributed by atoms with Crippen molar-refractivity contribution in [2.45, 2.75) is 30.6 Å². The maximum absolute atomic E-state index is 12.5. The second-order valence-electron chi connectivity index (χ2n) is 6.20. The molecule has 3 rings (SSSR count). The van der Waals surface area contributed by atoms with Gasteiger partial charge in [-0.3, -0.25) is 4.79 Å². The minimum absolute atomic E-state index is 0.236. The van der Waals surface area contributed by atoms with Crippen molar-refractivity contribution >= 4 is 27.3 Å². The van der Waals surface area contributed by atoms with Crippen molar-refractivity contribution in [3.8, 4) is 0 Å². The summed E-state index contributed by atoms with van der Waals surface area (Å²) in [6.07, 6.45) is 0.995. The third-order valence-electron chi connectivity index (χ3n) is 4.38. The van der Waals surface area contributed by atoms with Gasteiger partial charge in [0.05, 0.1) is 5.92 Å². The standard InChI is InChI=1S/C18H21NO4S2/c1-14-4-6-15(7-5-14)13-23-18(20)16-8-10-19(11-9-16)25(21,22)17-3-2-12-24-17/h2-7,12,16H,8-11,13H2,1H3. The largest absolute Gasteiger partial charge is 0.461 e. The number of piperidine rings is 1. The van der Waals surface area contributed by atoms with Gasteiger partial charge in [0.2, 0.25) is 0 Å². The molecule has 0 saturated carbocycles. The number of hydrogen-bond donors (Lipinski definition) is 0. The van der Waals surface area contributed by atoms with E-state index in [0.717, 1.165) is 11.1 Å². The Balaban J connectivity index is 1.51. The summed E-state index contributed by atoms with van der Waals surface area (Å²) >= 11 is 1.22. The van der Waals surface area contributed by atoms with E-state index in [-0.39, 0.29) is 18.5 Å². The molecular formula is C18H21NO4S2. The Morgan fingerprint density at radius 3 is 2.48 bits per heavy atom. The van der Waals surface area contributed by atoms with Crippen molar-refractivity contribution in [1.29, 1.82) is 0 Å². The average molecular weight is 380 g/mol. The molecule has 1 aromatic carbocycles. The van der Waals surface area contributed by atoms with Gasteiger partial charge in [0.25, 0.3) is 10.0 Å². The lowest BCUT2D eigenvalue weighted by molar-refractivity contribution is -0.151. The molecule has 2 aromatic rings. The van der Waals surface area contributed by atoms with Crippen LogP contribution in [-0.4, -0.2) is 31.8 Å². The van der Waals surface area contributed by atoms with Crippen molar-refractivity contribution in [2.24, 2.45) is 5.92 Å². The summed E-state index contributed by atoms with van der Waals surface area (Å²) in [5.74, 6) is -0.478. The number of thiophene rings is 1. The molecule has 0 aliphatic carbocycles. The van der Waals surface area contributed by atoms with Crippen molar-refractivity contribution in [3.05, 3.63) is 52.9 Å². The molecule has 2 heterocycles. The monoisotopic (exact) mass is 379 g/mol. The van der Waals surface area contributed by atoms with Gasteiger partial charge in [-0.1, -0.05) is 35.9 Å². The number of sulfonamides is 1. The maximum Gasteiger partial charge on any atom is 0.309 e. The molecule has 5 nitrogen and oxygen atoms in total. The Labute approximate surface area is 152 Å². The topological polar surface area (TPSA) is 63.7 Å². The van der Waals surface area contributed by atoms with Crippen LogP contribution in [0.25, 0.3) is 0 Å². The molecule has 7 heteroatoms. The highest BCUT2D eigenvalue weighted by Crippen LogP contribution is 2.27. The molecule has 0 bridgehead atoms. The molecule has 1 aliphatic heterocycles. The van der Waals surface area contributed by atoms with Crippen LogP contribution >= 0.6 is 11.3 Å². The second-order valence-corrected chi connectivity index (χ2v) is 9.32. The highest BCUT2D eigenvalue weighted by Gasteiger charge is 2.33. The normalized spacial score (nSPS) is 16.7. The molecule has 1 fully saturated rings. The van der Waals surface area contributed by atoms with E-state index in [1.54, 1.807) is 17.5 Å². The van der Waals surface area contributed by atoms with Crippen molar-refractivity contribution < 1.29 is 17.9 Å². The molecule has 0 unspecified atom stereocenters. The SMILES string of the molecule is Cc1ccc(COC(=O)C2CCN(S(=O)(=O)c3cccs3)CC2)cc1. The molecule has 0 N–H and O–H groups in total. The van der Waals surface area contributed by atoms with Gasteiger partial charge in [-0.05, 0) is 36.8 Å². The van der Waals surface area contributed by atoms with Crippen LogP contribution in [0.5, 0.6) is 0 Å². The van der Waals surface area contributed by atoms with Gasteiger partial charge in [-0.25, -0.2) is 8.42 Å². The Hall–Kier alpha value is -1.70. The summed E-state index contributed by atoms with van der Waals surface area (Å²) in [4.78, 5) is 12.2. The summed E-state index contributed by atoms with van der Waals surface area (Å²) in [5, 5.41) is 1.75. The third-order valence-corrected chi connectivity index (χ3v) is 7.65. The van der Waals surface area contributed by atoms with E-state index in [2.05, 4.69) is 0 Å². The van der Waals surface area contributed by atoms with E-state index in [1.165, 1.54) is 15.6 Å².